The molecule has 6 atom stereocenters. The molecule has 192 valence electrons. The van der Waals surface area contributed by atoms with Crippen molar-refractivity contribution in [2.75, 3.05) is 0 Å². The van der Waals surface area contributed by atoms with Gasteiger partial charge in [-0.3, -0.25) is 4.79 Å². The van der Waals surface area contributed by atoms with Crippen LogP contribution in [0.5, 0.6) is 0 Å². The van der Waals surface area contributed by atoms with Gasteiger partial charge in [0.15, 0.2) is 5.78 Å². The molecular weight excluding hydrogens is 492 g/mol. The Balaban J connectivity index is 1.51. The molecule has 4 N–H and O–H groups in total. The maximum Gasteiger partial charge on any atom is 0.164 e. The number of carbonyl (C=O) groups excluding carboxylic acids is 1. The number of hydrogen-bond acceptors (Lipinski definition) is 1. The highest BCUT2D eigenvalue weighted by atomic mass is 19.1. The highest BCUT2D eigenvalue weighted by Gasteiger charge is 2.60. The zero-order valence-electron chi connectivity index (χ0n) is 20.3. The zero-order chi connectivity index (χ0) is 26.4. The van der Waals surface area contributed by atoms with Crippen LogP contribution in [0.25, 0.3) is 0 Å². The van der Waals surface area contributed by atoms with Crippen LogP contribution >= 0.6 is 0 Å². The molecule has 0 amide bonds. The van der Waals surface area contributed by atoms with E-state index in [0.717, 1.165) is 22.3 Å². The standard InChI is InChI=1S/C31H24F4N2O/c32-21-9-1-17(2-10-21)27-25-28(18-3-11-22(33)12-4-18)37-30(20-7-15-24(35)16-8-20)26(31(25)38)29(36-27)19-5-13-23(34)14-6-19/h1-16,25-30,36-37H/p+2/t25?,26?,27-,28-,29-,30+/m1/s1. The van der Waals surface area contributed by atoms with Crippen molar-refractivity contribution in [2.45, 2.75) is 24.2 Å². The molecule has 0 spiro atoms. The Labute approximate surface area is 217 Å². The van der Waals surface area contributed by atoms with E-state index >= 15 is 0 Å². The minimum absolute atomic E-state index is 0.0299. The van der Waals surface area contributed by atoms with Crippen LogP contribution in [0.3, 0.4) is 0 Å². The fourth-order valence-electron chi connectivity index (χ4n) is 6.32. The molecule has 2 aliphatic heterocycles. The summed E-state index contributed by atoms with van der Waals surface area (Å²) in [5.41, 5.74) is 3.21. The summed E-state index contributed by atoms with van der Waals surface area (Å²) in [7, 11) is 0. The Hall–Kier alpha value is -3.81. The van der Waals surface area contributed by atoms with E-state index in [1.807, 2.05) is 0 Å². The maximum absolute atomic E-state index is 14.5. The minimum atomic E-state index is -0.496. The number of benzene rings is 4. The monoisotopic (exact) mass is 518 g/mol. The van der Waals surface area contributed by atoms with Crippen molar-refractivity contribution in [1.29, 1.82) is 0 Å². The van der Waals surface area contributed by atoms with E-state index in [9.17, 15) is 22.4 Å². The third-order valence-corrected chi connectivity index (χ3v) is 8.05. The molecular formula is C31H26F4N2O+2. The van der Waals surface area contributed by atoms with E-state index in [-0.39, 0.29) is 53.2 Å². The van der Waals surface area contributed by atoms with E-state index < -0.39 is 11.8 Å². The number of piperidine rings is 2. The molecule has 2 unspecified atom stereocenters. The molecule has 7 heteroatoms. The average Bonchev–Trinajstić information content (AvgIpc) is 2.91. The van der Waals surface area contributed by atoms with Crippen LogP contribution in [-0.4, -0.2) is 5.78 Å². The van der Waals surface area contributed by atoms with Gasteiger partial charge in [-0.15, -0.1) is 0 Å². The molecule has 0 saturated carbocycles. The predicted octanol–water partition coefficient (Wildman–Crippen LogP) is 4.46. The van der Waals surface area contributed by atoms with E-state index in [1.54, 1.807) is 48.5 Å². The molecule has 2 fully saturated rings. The molecule has 0 aromatic heterocycles. The van der Waals surface area contributed by atoms with Gasteiger partial charge in [0.1, 0.15) is 59.3 Å². The highest BCUT2D eigenvalue weighted by molar-refractivity contribution is 5.87. The van der Waals surface area contributed by atoms with Crippen molar-refractivity contribution in [3.8, 4) is 0 Å². The number of Topliss-reactive ketones (excluding diaryl/α,β-unsaturated/α-hetero) is 1. The van der Waals surface area contributed by atoms with E-state index in [4.69, 9.17) is 0 Å². The summed E-state index contributed by atoms with van der Waals surface area (Å²) in [6.07, 6.45) is 0. The number of carbonyl (C=O) groups is 1. The number of quaternary nitrogens is 2. The number of nitrogens with two attached hydrogens (primary N) is 2. The van der Waals surface area contributed by atoms with Gasteiger partial charge < -0.3 is 10.6 Å². The van der Waals surface area contributed by atoms with Crippen LogP contribution in [0, 0.1) is 35.1 Å². The average molecular weight is 519 g/mol. The van der Waals surface area contributed by atoms with Gasteiger partial charge in [-0.25, -0.2) is 17.6 Å². The molecule has 3 nitrogen and oxygen atoms in total. The zero-order valence-corrected chi connectivity index (χ0v) is 20.3. The summed E-state index contributed by atoms with van der Waals surface area (Å²) < 4.78 is 55.3. The summed E-state index contributed by atoms with van der Waals surface area (Å²) in [4.78, 5) is 14.5. The van der Waals surface area contributed by atoms with Crippen LogP contribution in [0.4, 0.5) is 17.6 Å². The molecule has 2 heterocycles. The number of fused-ring (bicyclic) bond motifs is 2. The normalized spacial score (nSPS) is 26.8. The third kappa shape index (κ3) is 4.42. The second kappa shape index (κ2) is 9.82. The first kappa shape index (κ1) is 24.5. The van der Waals surface area contributed by atoms with Crippen molar-refractivity contribution in [1.82, 2.24) is 0 Å². The molecule has 4 aromatic carbocycles. The Kier molecular flexibility index (Phi) is 6.33. The number of hydrogen-bond donors (Lipinski definition) is 2. The van der Waals surface area contributed by atoms with Crippen LogP contribution < -0.4 is 10.6 Å². The van der Waals surface area contributed by atoms with Gasteiger partial charge in [0.25, 0.3) is 0 Å². The fraction of sp³-hybridized carbons (Fsp3) is 0.194. The van der Waals surface area contributed by atoms with Crippen molar-refractivity contribution in [2.24, 2.45) is 11.8 Å². The largest absolute Gasteiger partial charge is 0.332 e. The van der Waals surface area contributed by atoms with Crippen molar-refractivity contribution in [3.05, 3.63) is 143 Å². The molecule has 2 bridgehead atoms. The van der Waals surface area contributed by atoms with Crippen LogP contribution in [0.2, 0.25) is 0 Å². The van der Waals surface area contributed by atoms with Crippen molar-refractivity contribution in [3.63, 3.8) is 0 Å². The minimum Gasteiger partial charge on any atom is -0.332 e. The Morgan fingerprint density at radius 2 is 0.605 bits per heavy atom. The summed E-state index contributed by atoms with van der Waals surface area (Å²) in [6, 6.07) is 23.2. The lowest BCUT2D eigenvalue weighted by atomic mass is 9.64. The second-order valence-electron chi connectivity index (χ2n) is 10.1. The third-order valence-electron chi connectivity index (χ3n) is 8.05. The lowest BCUT2D eigenvalue weighted by Crippen LogP contribution is -3.02. The van der Waals surface area contributed by atoms with Crippen LogP contribution in [0.15, 0.2) is 97.1 Å². The predicted molar refractivity (Wildman–Crippen MR) is 132 cm³/mol. The quantitative estimate of drug-likeness (QED) is 0.385. The maximum atomic E-state index is 14.5. The molecule has 0 aliphatic carbocycles. The molecule has 4 aromatic rings. The van der Waals surface area contributed by atoms with Crippen molar-refractivity contribution >= 4 is 5.78 Å². The summed E-state index contributed by atoms with van der Waals surface area (Å²) in [6.45, 7) is 0. The van der Waals surface area contributed by atoms with Gasteiger partial charge in [0.2, 0.25) is 0 Å². The van der Waals surface area contributed by atoms with E-state index in [0.29, 0.717) is 0 Å². The van der Waals surface area contributed by atoms with Gasteiger partial charge in [0.05, 0.1) is 0 Å². The molecule has 2 saturated heterocycles. The summed E-state index contributed by atoms with van der Waals surface area (Å²) in [5.74, 6) is -2.44. The molecule has 2 aliphatic rings. The number of ketones is 1. The Bertz CT molecular complexity index is 1230. The summed E-state index contributed by atoms with van der Waals surface area (Å²) in [5, 5.41) is 4.24. The topological polar surface area (TPSA) is 50.3 Å². The first-order chi connectivity index (χ1) is 18.4. The van der Waals surface area contributed by atoms with Crippen LogP contribution in [0.1, 0.15) is 46.4 Å². The first-order valence-electron chi connectivity index (χ1n) is 12.6. The number of halogens is 4. The molecule has 38 heavy (non-hydrogen) atoms. The van der Waals surface area contributed by atoms with E-state index in [2.05, 4.69) is 10.6 Å². The van der Waals surface area contributed by atoms with Gasteiger partial charge in [-0.2, -0.15) is 0 Å². The lowest BCUT2D eigenvalue weighted by molar-refractivity contribution is -0.815. The molecule has 0 radical (unpaired) electrons. The summed E-state index contributed by atoms with van der Waals surface area (Å²) >= 11 is 0. The second-order valence-corrected chi connectivity index (χ2v) is 10.1. The molecule has 6 rings (SSSR count). The first-order valence-corrected chi connectivity index (χ1v) is 12.6. The van der Waals surface area contributed by atoms with Gasteiger partial charge in [0, 0.05) is 22.3 Å². The Morgan fingerprint density at radius 3 is 0.816 bits per heavy atom. The van der Waals surface area contributed by atoms with Crippen molar-refractivity contribution < 1.29 is 33.0 Å². The van der Waals surface area contributed by atoms with Gasteiger partial charge in [-0.05, 0) is 48.5 Å². The lowest BCUT2D eigenvalue weighted by Gasteiger charge is -2.47. The van der Waals surface area contributed by atoms with E-state index in [1.165, 1.54) is 48.5 Å². The SMILES string of the molecule is O=C1C2[C@@H](c3ccc(F)cc3)[NH2+][C@H](c3ccc(F)cc3)C1[C@H](c1ccc(F)cc1)[NH2+][C@@H]2c1ccc(F)cc1. The van der Waals surface area contributed by atoms with Gasteiger partial charge >= 0.3 is 0 Å². The van der Waals surface area contributed by atoms with Crippen LogP contribution in [-0.2, 0) is 4.79 Å². The smallest absolute Gasteiger partial charge is 0.164 e. The highest BCUT2D eigenvalue weighted by Crippen LogP contribution is 2.45. The Morgan fingerprint density at radius 1 is 0.395 bits per heavy atom. The van der Waals surface area contributed by atoms with Gasteiger partial charge in [-0.1, -0.05) is 48.5 Å². The fourth-order valence-corrected chi connectivity index (χ4v) is 6.32. The number of rotatable bonds is 4.